The highest BCUT2D eigenvalue weighted by Gasteiger charge is 2.18. The lowest BCUT2D eigenvalue weighted by Crippen LogP contribution is -2.37. The smallest absolute Gasteiger partial charge is 0.313 e. The molecule has 0 fully saturated rings. The van der Waals surface area contributed by atoms with Crippen molar-refractivity contribution < 1.29 is 24.2 Å². The number of carbonyl (C=O) groups excluding carboxylic acids is 2. The summed E-state index contributed by atoms with van der Waals surface area (Å²) in [6, 6.07) is 11.0. The highest BCUT2D eigenvalue weighted by Crippen LogP contribution is 2.29. The summed E-state index contributed by atoms with van der Waals surface area (Å²) in [7, 11) is 2.95. The molecule has 2 aromatic carbocycles. The van der Waals surface area contributed by atoms with Crippen LogP contribution in [-0.2, 0) is 9.59 Å². The van der Waals surface area contributed by atoms with E-state index in [9.17, 15) is 14.7 Å². The molecule has 0 aliphatic heterocycles. The molecule has 0 radical (unpaired) electrons. The van der Waals surface area contributed by atoms with Crippen LogP contribution in [0, 0.1) is 11.3 Å². The number of aliphatic hydroxyl groups is 1. The highest BCUT2D eigenvalue weighted by molar-refractivity contribution is 6.40. The van der Waals surface area contributed by atoms with E-state index in [2.05, 4.69) is 10.6 Å². The number of nitriles is 1. The normalized spacial score (nSPS) is 11.1. The second-order valence-corrected chi connectivity index (χ2v) is 6.03. The summed E-state index contributed by atoms with van der Waals surface area (Å²) < 4.78 is 10.3. The first-order valence-electron chi connectivity index (χ1n) is 8.08. The van der Waals surface area contributed by atoms with Crippen LogP contribution in [0.15, 0.2) is 36.4 Å². The van der Waals surface area contributed by atoms with Gasteiger partial charge in [-0.1, -0.05) is 17.7 Å². The quantitative estimate of drug-likeness (QED) is 0.634. The number of nitrogens with one attached hydrogen (secondary N) is 2. The van der Waals surface area contributed by atoms with Crippen molar-refractivity contribution >= 4 is 29.1 Å². The Balaban J connectivity index is 1.99. The van der Waals surface area contributed by atoms with Crippen molar-refractivity contribution in [2.45, 2.75) is 6.10 Å². The summed E-state index contributed by atoms with van der Waals surface area (Å²) in [6.45, 7) is -0.206. The fourth-order valence-electron chi connectivity index (χ4n) is 2.34. The number of hydrogen-bond donors (Lipinski definition) is 3. The van der Waals surface area contributed by atoms with Gasteiger partial charge in [0, 0.05) is 11.6 Å². The molecule has 9 heteroatoms. The molecule has 2 rings (SSSR count). The van der Waals surface area contributed by atoms with Crippen LogP contribution in [0.4, 0.5) is 5.69 Å². The summed E-state index contributed by atoms with van der Waals surface area (Å²) >= 11 is 5.84. The first-order chi connectivity index (χ1) is 13.4. The second kappa shape index (κ2) is 9.60. The van der Waals surface area contributed by atoms with Gasteiger partial charge in [-0.15, -0.1) is 0 Å². The summed E-state index contributed by atoms with van der Waals surface area (Å²) in [5.41, 5.74) is 0.756. The van der Waals surface area contributed by atoms with Crippen LogP contribution in [0.25, 0.3) is 0 Å². The number of amides is 2. The molecular weight excluding hydrogens is 386 g/mol. The summed E-state index contributed by atoms with van der Waals surface area (Å²) in [4.78, 5) is 24.0. The molecule has 0 saturated heterocycles. The van der Waals surface area contributed by atoms with E-state index < -0.39 is 17.9 Å². The van der Waals surface area contributed by atoms with Crippen LogP contribution >= 0.6 is 11.6 Å². The molecule has 8 nitrogen and oxygen atoms in total. The first-order valence-corrected chi connectivity index (χ1v) is 8.46. The molecule has 0 heterocycles. The third-order valence-corrected chi connectivity index (χ3v) is 4.04. The van der Waals surface area contributed by atoms with Gasteiger partial charge in [-0.2, -0.15) is 5.26 Å². The molecule has 0 aliphatic carbocycles. The van der Waals surface area contributed by atoms with Gasteiger partial charge >= 0.3 is 11.8 Å². The Kier molecular flexibility index (Phi) is 7.21. The van der Waals surface area contributed by atoms with Gasteiger partial charge in [0.2, 0.25) is 0 Å². The average Bonchev–Trinajstić information content (AvgIpc) is 2.71. The molecule has 0 spiro atoms. The molecular formula is C19H18ClN3O5. The van der Waals surface area contributed by atoms with Crippen molar-refractivity contribution in [3.63, 3.8) is 0 Å². The standard InChI is InChI=1S/C19H18ClN3O5/c1-27-16-6-4-11(7-17(16)28-2)15(24)10-22-18(25)19(26)23-14-8-13(20)5-3-12(14)9-21/h3-8,15,24H,10H2,1-2H3,(H,22,25)(H,23,26). The average molecular weight is 404 g/mol. The predicted octanol–water partition coefficient (Wildman–Crippen LogP) is 2.02. The number of halogens is 1. The van der Waals surface area contributed by atoms with E-state index in [0.29, 0.717) is 22.1 Å². The minimum Gasteiger partial charge on any atom is -0.493 e. The largest absolute Gasteiger partial charge is 0.493 e. The SMILES string of the molecule is COc1ccc(C(O)CNC(=O)C(=O)Nc2cc(Cl)ccc2C#N)cc1OC. The Morgan fingerprint density at radius 1 is 1.14 bits per heavy atom. The van der Waals surface area contributed by atoms with Crippen molar-refractivity contribution in [2.75, 3.05) is 26.1 Å². The number of methoxy groups -OCH3 is 2. The van der Waals surface area contributed by atoms with E-state index in [1.807, 2.05) is 6.07 Å². The molecule has 2 aromatic rings. The van der Waals surface area contributed by atoms with Crippen molar-refractivity contribution in [3.8, 4) is 17.6 Å². The molecule has 28 heavy (non-hydrogen) atoms. The molecule has 0 bridgehead atoms. The van der Waals surface area contributed by atoms with E-state index in [1.54, 1.807) is 18.2 Å². The number of rotatable bonds is 6. The van der Waals surface area contributed by atoms with E-state index in [1.165, 1.54) is 32.4 Å². The van der Waals surface area contributed by atoms with E-state index in [-0.39, 0.29) is 17.8 Å². The third-order valence-electron chi connectivity index (χ3n) is 3.80. The zero-order valence-corrected chi connectivity index (χ0v) is 15.9. The molecule has 0 saturated carbocycles. The minimum atomic E-state index is -1.07. The minimum absolute atomic E-state index is 0.121. The summed E-state index contributed by atoms with van der Waals surface area (Å²) in [6.07, 6.45) is -1.07. The van der Waals surface area contributed by atoms with E-state index in [4.69, 9.17) is 26.3 Å². The van der Waals surface area contributed by atoms with Crippen LogP contribution in [0.5, 0.6) is 11.5 Å². The van der Waals surface area contributed by atoms with Gasteiger partial charge in [0.15, 0.2) is 11.5 Å². The lowest BCUT2D eigenvalue weighted by molar-refractivity contribution is -0.136. The van der Waals surface area contributed by atoms with Crippen LogP contribution in [0.2, 0.25) is 5.02 Å². The predicted molar refractivity (Wildman–Crippen MR) is 102 cm³/mol. The maximum atomic E-state index is 12.0. The molecule has 146 valence electrons. The fourth-order valence-corrected chi connectivity index (χ4v) is 2.52. The summed E-state index contributed by atoms with van der Waals surface area (Å²) in [5.74, 6) is -1.04. The van der Waals surface area contributed by atoms with Gasteiger partial charge in [-0.25, -0.2) is 0 Å². The lowest BCUT2D eigenvalue weighted by Gasteiger charge is -2.15. The van der Waals surface area contributed by atoms with Gasteiger partial charge in [-0.3, -0.25) is 9.59 Å². The van der Waals surface area contributed by atoms with Crippen molar-refractivity contribution in [3.05, 3.63) is 52.5 Å². The summed E-state index contributed by atoms with van der Waals surface area (Å²) in [5, 5.41) is 24.2. The number of benzene rings is 2. The number of carbonyl (C=O) groups is 2. The van der Waals surface area contributed by atoms with Gasteiger partial charge in [0.1, 0.15) is 6.07 Å². The highest BCUT2D eigenvalue weighted by atomic mass is 35.5. The van der Waals surface area contributed by atoms with E-state index in [0.717, 1.165) is 0 Å². The molecule has 2 amide bonds. The number of anilines is 1. The number of aliphatic hydroxyl groups excluding tert-OH is 1. The Morgan fingerprint density at radius 3 is 2.50 bits per heavy atom. The van der Waals surface area contributed by atoms with Crippen LogP contribution in [-0.4, -0.2) is 37.7 Å². The van der Waals surface area contributed by atoms with Crippen LogP contribution in [0.3, 0.4) is 0 Å². The first kappa shape index (κ1) is 21.0. The van der Waals surface area contributed by atoms with Crippen molar-refractivity contribution in [1.82, 2.24) is 5.32 Å². The van der Waals surface area contributed by atoms with Crippen LogP contribution in [0.1, 0.15) is 17.2 Å². The maximum absolute atomic E-state index is 12.0. The second-order valence-electron chi connectivity index (χ2n) is 5.60. The van der Waals surface area contributed by atoms with Gasteiger partial charge in [-0.05, 0) is 35.9 Å². The van der Waals surface area contributed by atoms with Crippen molar-refractivity contribution in [1.29, 1.82) is 5.26 Å². The van der Waals surface area contributed by atoms with Gasteiger partial charge in [0.25, 0.3) is 0 Å². The zero-order valence-electron chi connectivity index (χ0n) is 15.2. The Hall–Kier alpha value is -3.28. The fraction of sp³-hybridized carbons (Fsp3) is 0.211. The monoisotopic (exact) mass is 403 g/mol. The molecule has 0 aliphatic rings. The van der Waals surface area contributed by atoms with E-state index >= 15 is 0 Å². The van der Waals surface area contributed by atoms with Crippen molar-refractivity contribution in [2.24, 2.45) is 0 Å². The molecule has 1 atom stereocenters. The van der Waals surface area contributed by atoms with Gasteiger partial charge < -0.3 is 25.2 Å². The molecule has 1 unspecified atom stereocenters. The number of nitrogens with zero attached hydrogens (tertiary/aromatic N) is 1. The molecule has 0 aromatic heterocycles. The Bertz CT molecular complexity index is 926. The van der Waals surface area contributed by atoms with Gasteiger partial charge in [0.05, 0.1) is 31.6 Å². The number of ether oxygens (including phenoxy) is 2. The number of hydrogen-bond acceptors (Lipinski definition) is 6. The maximum Gasteiger partial charge on any atom is 0.313 e. The molecule has 3 N–H and O–H groups in total. The lowest BCUT2D eigenvalue weighted by atomic mass is 10.1. The topological polar surface area (TPSA) is 121 Å². The Labute approximate surface area is 166 Å². The van der Waals surface area contributed by atoms with Crippen LogP contribution < -0.4 is 20.1 Å². The zero-order chi connectivity index (χ0) is 20.7. The third kappa shape index (κ3) is 5.13. The Morgan fingerprint density at radius 2 is 1.86 bits per heavy atom.